The van der Waals surface area contributed by atoms with E-state index in [1.165, 1.54) is 0 Å². The second-order valence-corrected chi connectivity index (χ2v) is 3.84. The zero-order valence-electron chi connectivity index (χ0n) is 9.40. The third-order valence-corrected chi connectivity index (χ3v) is 2.48. The number of ether oxygens (including phenoxy) is 1. The molecule has 0 saturated carbocycles. The second-order valence-electron chi connectivity index (χ2n) is 3.43. The molecular formula is C12H13ClO4. The van der Waals surface area contributed by atoms with Gasteiger partial charge in [-0.25, -0.2) is 4.79 Å². The predicted molar refractivity (Wildman–Crippen MR) is 63.4 cm³/mol. The molecule has 0 amide bonds. The van der Waals surface area contributed by atoms with Crippen LogP contribution < -0.4 is 0 Å². The van der Waals surface area contributed by atoms with Crippen LogP contribution in [0.3, 0.4) is 0 Å². The summed E-state index contributed by atoms with van der Waals surface area (Å²) in [5.41, 5.74) is 1.02. The number of benzene rings is 1. The molecule has 0 radical (unpaired) electrons. The van der Waals surface area contributed by atoms with E-state index >= 15 is 0 Å². The lowest BCUT2D eigenvalue weighted by Gasteiger charge is -2.06. The molecular weight excluding hydrogens is 244 g/mol. The van der Waals surface area contributed by atoms with Crippen molar-refractivity contribution in [2.24, 2.45) is 0 Å². The van der Waals surface area contributed by atoms with Gasteiger partial charge in [-0.15, -0.1) is 0 Å². The first-order valence-corrected chi connectivity index (χ1v) is 5.59. The third-order valence-electron chi connectivity index (χ3n) is 2.15. The minimum absolute atomic E-state index is 0.0178. The van der Waals surface area contributed by atoms with Gasteiger partial charge in [-0.3, -0.25) is 4.79 Å². The standard InChI is InChI=1S/C12H13ClO4/c1-2-17-12(16)9-7-8(3-5-10(9)13)4-6-11(14)15/h3,5,7H,2,4,6H2,1H3,(H,14,15). The van der Waals surface area contributed by atoms with E-state index in [0.717, 1.165) is 5.56 Å². The molecule has 0 aliphatic heterocycles. The first-order chi connectivity index (χ1) is 8.04. The highest BCUT2D eigenvalue weighted by Crippen LogP contribution is 2.19. The van der Waals surface area contributed by atoms with Gasteiger partial charge in [0.05, 0.1) is 17.2 Å². The summed E-state index contributed by atoms with van der Waals surface area (Å²) < 4.78 is 4.85. The van der Waals surface area contributed by atoms with Crippen molar-refractivity contribution in [2.45, 2.75) is 19.8 Å². The molecule has 92 valence electrons. The Kier molecular flexibility index (Phi) is 4.97. The molecule has 1 aromatic rings. The Balaban J connectivity index is 2.86. The highest BCUT2D eigenvalue weighted by atomic mass is 35.5. The second kappa shape index (κ2) is 6.25. The van der Waals surface area contributed by atoms with Crippen molar-refractivity contribution in [2.75, 3.05) is 6.61 Å². The number of hydrogen-bond acceptors (Lipinski definition) is 3. The van der Waals surface area contributed by atoms with E-state index in [2.05, 4.69) is 0 Å². The average molecular weight is 257 g/mol. The van der Waals surface area contributed by atoms with E-state index in [4.69, 9.17) is 21.4 Å². The van der Waals surface area contributed by atoms with Crippen LogP contribution in [0.25, 0.3) is 0 Å². The molecule has 0 aliphatic carbocycles. The lowest BCUT2D eigenvalue weighted by molar-refractivity contribution is -0.136. The number of carbonyl (C=O) groups is 2. The van der Waals surface area contributed by atoms with E-state index < -0.39 is 11.9 Å². The van der Waals surface area contributed by atoms with Crippen LogP contribution in [0.2, 0.25) is 5.02 Å². The van der Waals surface area contributed by atoms with Crippen LogP contribution in [-0.2, 0) is 16.0 Å². The molecule has 0 atom stereocenters. The Morgan fingerprint density at radius 2 is 2.12 bits per heavy atom. The van der Waals surface area contributed by atoms with Crippen molar-refractivity contribution in [1.82, 2.24) is 0 Å². The van der Waals surface area contributed by atoms with Gasteiger partial charge in [0.1, 0.15) is 0 Å². The van der Waals surface area contributed by atoms with Gasteiger partial charge in [-0.1, -0.05) is 17.7 Å². The Hall–Kier alpha value is -1.55. The van der Waals surface area contributed by atoms with Crippen molar-refractivity contribution in [1.29, 1.82) is 0 Å². The fourth-order valence-corrected chi connectivity index (χ4v) is 1.54. The molecule has 4 nitrogen and oxygen atoms in total. The number of carboxylic acids is 1. The van der Waals surface area contributed by atoms with Gasteiger partial charge in [-0.05, 0) is 31.0 Å². The van der Waals surface area contributed by atoms with Gasteiger partial charge < -0.3 is 9.84 Å². The molecule has 1 rings (SSSR count). The molecule has 0 bridgehead atoms. The first-order valence-electron chi connectivity index (χ1n) is 5.22. The first kappa shape index (κ1) is 13.5. The summed E-state index contributed by atoms with van der Waals surface area (Å²) in [6.45, 7) is 1.98. The molecule has 0 aromatic heterocycles. The maximum absolute atomic E-state index is 11.5. The van der Waals surface area contributed by atoms with Crippen molar-refractivity contribution < 1.29 is 19.4 Å². The van der Waals surface area contributed by atoms with Gasteiger partial charge in [0, 0.05) is 6.42 Å². The number of hydrogen-bond donors (Lipinski definition) is 1. The Labute approximate surface area is 104 Å². The van der Waals surface area contributed by atoms with Crippen molar-refractivity contribution >= 4 is 23.5 Å². The smallest absolute Gasteiger partial charge is 0.339 e. The number of halogens is 1. The van der Waals surface area contributed by atoms with E-state index in [0.29, 0.717) is 11.4 Å². The zero-order valence-corrected chi connectivity index (χ0v) is 10.2. The number of aryl methyl sites for hydroxylation is 1. The molecule has 0 aliphatic rings. The Morgan fingerprint density at radius 1 is 1.41 bits per heavy atom. The van der Waals surface area contributed by atoms with Gasteiger partial charge >= 0.3 is 11.9 Å². The molecule has 1 aromatic carbocycles. The molecule has 17 heavy (non-hydrogen) atoms. The largest absolute Gasteiger partial charge is 0.481 e. The fraction of sp³-hybridized carbons (Fsp3) is 0.333. The number of carboxylic acid groups (broad SMARTS) is 1. The monoisotopic (exact) mass is 256 g/mol. The Bertz CT molecular complexity index is 429. The number of esters is 1. The average Bonchev–Trinajstić information content (AvgIpc) is 2.28. The van der Waals surface area contributed by atoms with Crippen LogP contribution >= 0.6 is 11.6 Å². The van der Waals surface area contributed by atoms with Crippen molar-refractivity contribution in [3.05, 3.63) is 34.3 Å². The summed E-state index contributed by atoms with van der Waals surface area (Å²) >= 11 is 5.87. The van der Waals surface area contributed by atoms with Crippen LogP contribution in [0.4, 0.5) is 0 Å². The SMILES string of the molecule is CCOC(=O)c1cc(CCC(=O)O)ccc1Cl. The molecule has 1 N–H and O–H groups in total. The summed E-state index contributed by atoms with van der Waals surface area (Å²) in [5.74, 6) is -1.37. The fourth-order valence-electron chi connectivity index (χ4n) is 1.34. The van der Waals surface area contributed by atoms with Gasteiger partial charge in [0.25, 0.3) is 0 Å². The van der Waals surface area contributed by atoms with E-state index in [1.807, 2.05) is 0 Å². The maximum atomic E-state index is 11.5. The molecule has 0 fully saturated rings. The van der Waals surface area contributed by atoms with Crippen LogP contribution in [0.15, 0.2) is 18.2 Å². The summed E-state index contributed by atoms with van der Waals surface area (Å²) in [6, 6.07) is 4.85. The number of rotatable bonds is 5. The highest BCUT2D eigenvalue weighted by molar-refractivity contribution is 6.33. The summed E-state index contributed by atoms with van der Waals surface area (Å²) in [6.07, 6.45) is 0.378. The molecule has 0 saturated heterocycles. The number of carbonyl (C=O) groups excluding carboxylic acids is 1. The normalized spacial score (nSPS) is 10.0. The predicted octanol–water partition coefficient (Wildman–Crippen LogP) is 2.53. The van der Waals surface area contributed by atoms with Gasteiger partial charge in [-0.2, -0.15) is 0 Å². The minimum Gasteiger partial charge on any atom is -0.481 e. The maximum Gasteiger partial charge on any atom is 0.339 e. The molecule has 0 unspecified atom stereocenters. The summed E-state index contributed by atoms with van der Waals surface area (Å²) in [4.78, 5) is 22.0. The summed E-state index contributed by atoms with van der Waals surface area (Å²) in [5, 5.41) is 8.88. The van der Waals surface area contributed by atoms with Crippen molar-refractivity contribution in [3.63, 3.8) is 0 Å². The quantitative estimate of drug-likeness (QED) is 0.823. The van der Waals surface area contributed by atoms with E-state index in [9.17, 15) is 9.59 Å². The number of aliphatic carboxylic acids is 1. The highest BCUT2D eigenvalue weighted by Gasteiger charge is 2.12. The van der Waals surface area contributed by atoms with Crippen molar-refractivity contribution in [3.8, 4) is 0 Å². The van der Waals surface area contributed by atoms with E-state index in [1.54, 1.807) is 25.1 Å². The molecule has 5 heteroatoms. The van der Waals surface area contributed by atoms with Crippen LogP contribution in [0.1, 0.15) is 29.3 Å². The molecule has 0 spiro atoms. The van der Waals surface area contributed by atoms with Crippen LogP contribution in [0, 0.1) is 0 Å². The van der Waals surface area contributed by atoms with Crippen LogP contribution in [0.5, 0.6) is 0 Å². The van der Waals surface area contributed by atoms with Gasteiger partial charge in [0.15, 0.2) is 0 Å². The topological polar surface area (TPSA) is 63.6 Å². The van der Waals surface area contributed by atoms with E-state index in [-0.39, 0.29) is 18.6 Å². The zero-order chi connectivity index (χ0) is 12.8. The van der Waals surface area contributed by atoms with Crippen LogP contribution in [-0.4, -0.2) is 23.7 Å². The van der Waals surface area contributed by atoms with Gasteiger partial charge in [0.2, 0.25) is 0 Å². The lowest BCUT2D eigenvalue weighted by Crippen LogP contribution is -2.06. The lowest BCUT2D eigenvalue weighted by atomic mass is 10.1. The molecule has 0 heterocycles. The Morgan fingerprint density at radius 3 is 2.71 bits per heavy atom. The minimum atomic E-state index is -0.877. The summed E-state index contributed by atoms with van der Waals surface area (Å²) in [7, 11) is 0. The third kappa shape index (κ3) is 4.07.